The largest absolute Gasteiger partial charge is 0.322 e. The molecule has 3 fully saturated rings. The molecule has 3 aliphatic rings. The van der Waals surface area contributed by atoms with Crippen LogP contribution in [0.1, 0.15) is 49.7 Å². The summed E-state index contributed by atoms with van der Waals surface area (Å²) in [6.45, 7) is 2.56. The molecular weight excluding hydrogens is 482 g/mol. The summed E-state index contributed by atoms with van der Waals surface area (Å²) in [5, 5.41) is 12.2. The lowest BCUT2D eigenvalue weighted by Gasteiger charge is -2.37. The van der Waals surface area contributed by atoms with E-state index in [-0.39, 0.29) is 22.5 Å². The van der Waals surface area contributed by atoms with Crippen LogP contribution < -0.4 is 5.32 Å². The molecule has 1 aliphatic heterocycles. The van der Waals surface area contributed by atoms with Crippen LogP contribution in [0, 0.1) is 23.1 Å². The van der Waals surface area contributed by atoms with E-state index in [1.54, 1.807) is 0 Å². The molecular formula is C28H31ClF2N4O. The number of hydrogen-bond acceptors (Lipinski definition) is 3. The molecule has 0 bridgehead atoms. The fourth-order valence-corrected chi connectivity index (χ4v) is 6.40. The van der Waals surface area contributed by atoms with E-state index < -0.39 is 12.0 Å². The van der Waals surface area contributed by atoms with Gasteiger partial charge in [0.2, 0.25) is 0 Å². The minimum Gasteiger partial charge on any atom is -0.321 e. The summed E-state index contributed by atoms with van der Waals surface area (Å²) in [6, 6.07) is 14.2. The van der Waals surface area contributed by atoms with Gasteiger partial charge in [-0.2, -0.15) is 5.26 Å². The number of alkyl halides is 1. The highest BCUT2D eigenvalue weighted by Gasteiger charge is 2.58. The van der Waals surface area contributed by atoms with Crippen molar-refractivity contribution in [3.63, 3.8) is 0 Å². The molecule has 2 saturated carbocycles. The molecule has 5 rings (SSSR count). The number of hydrogen-bond donors (Lipinski definition) is 1. The number of carbonyl (C=O) groups excluding carboxylic acids is 1. The maximum atomic E-state index is 13.6. The molecule has 1 heterocycles. The van der Waals surface area contributed by atoms with Crippen molar-refractivity contribution in [2.75, 3.05) is 31.5 Å². The van der Waals surface area contributed by atoms with E-state index in [2.05, 4.69) is 22.4 Å². The van der Waals surface area contributed by atoms with Gasteiger partial charge in [-0.15, -0.1) is 0 Å². The molecule has 2 amide bonds. The standard InChI is InChI=1S/C28H31ClF2N4O/c29-25-15-23(5-6-26(25)31)33-27(36)35(11-2-10-34-12-8-22(30)18-34)24-7-9-28(16-21(28)14-24)20-4-1-3-19(13-20)17-32/h1,3-6,13,15,21-22,24H,2,7-12,14,16,18H2,(H,33,36)/t21?,22-,24?,28?/m1/s1. The summed E-state index contributed by atoms with van der Waals surface area (Å²) in [5.41, 5.74) is 2.49. The Morgan fingerprint density at radius 1 is 1.28 bits per heavy atom. The Kier molecular flexibility index (Phi) is 7.18. The Morgan fingerprint density at radius 2 is 2.14 bits per heavy atom. The number of nitriles is 1. The molecule has 1 saturated heterocycles. The van der Waals surface area contributed by atoms with Crippen molar-refractivity contribution in [1.82, 2.24) is 9.80 Å². The van der Waals surface area contributed by atoms with Gasteiger partial charge in [-0.1, -0.05) is 23.7 Å². The quantitative estimate of drug-likeness (QED) is 0.485. The van der Waals surface area contributed by atoms with E-state index >= 15 is 0 Å². The van der Waals surface area contributed by atoms with Gasteiger partial charge in [-0.25, -0.2) is 13.6 Å². The van der Waals surface area contributed by atoms with Gasteiger partial charge in [0.05, 0.1) is 16.7 Å². The van der Waals surface area contributed by atoms with Crippen molar-refractivity contribution in [1.29, 1.82) is 5.26 Å². The Hall–Kier alpha value is -2.69. The molecule has 2 aliphatic carbocycles. The monoisotopic (exact) mass is 512 g/mol. The minimum atomic E-state index is -0.756. The zero-order valence-electron chi connectivity index (χ0n) is 20.2. The number of likely N-dealkylation sites (tertiary alicyclic amines) is 1. The average Bonchev–Trinajstić information content (AvgIpc) is 3.48. The second-order valence-electron chi connectivity index (χ2n) is 10.5. The van der Waals surface area contributed by atoms with Crippen molar-refractivity contribution in [2.24, 2.45) is 5.92 Å². The Balaban J connectivity index is 1.27. The lowest BCUT2D eigenvalue weighted by Crippen LogP contribution is -2.46. The van der Waals surface area contributed by atoms with Crippen LogP contribution in [0.2, 0.25) is 5.02 Å². The SMILES string of the molecule is N#Cc1cccc(C23CCC(N(CCCN4CC[C@@H](F)C4)C(=O)Nc4ccc(F)c(Cl)c4)CC2C3)c1. The maximum Gasteiger partial charge on any atom is 0.322 e. The molecule has 0 aromatic heterocycles. The highest BCUT2D eigenvalue weighted by molar-refractivity contribution is 6.31. The van der Waals surface area contributed by atoms with Crippen molar-refractivity contribution >= 4 is 23.3 Å². The van der Waals surface area contributed by atoms with Gasteiger partial charge in [-0.3, -0.25) is 0 Å². The van der Waals surface area contributed by atoms with Crippen LogP contribution in [0.25, 0.3) is 0 Å². The number of nitrogens with zero attached hydrogens (tertiary/aromatic N) is 3. The third-order valence-electron chi connectivity index (χ3n) is 8.24. The van der Waals surface area contributed by atoms with Crippen LogP contribution in [0.3, 0.4) is 0 Å². The molecule has 0 radical (unpaired) electrons. The number of carbonyl (C=O) groups is 1. The van der Waals surface area contributed by atoms with Crippen molar-refractivity contribution in [2.45, 2.75) is 56.2 Å². The number of rotatable bonds is 7. The zero-order valence-corrected chi connectivity index (χ0v) is 21.0. The second-order valence-corrected chi connectivity index (χ2v) is 10.9. The van der Waals surface area contributed by atoms with Gasteiger partial charge in [-0.05, 0) is 92.3 Å². The predicted octanol–water partition coefficient (Wildman–Crippen LogP) is 6.13. The zero-order chi connectivity index (χ0) is 25.3. The van der Waals surface area contributed by atoms with Crippen molar-refractivity contribution < 1.29 is 13.6 Å². The lowest BCUT2D eigenvalue weighted by molar-refractivity contribution is 0.155. The fraction of sp³-hybridized carbons (Fsp3) is 0.500. The van der Waals surface area contributed by atoms with Gasteiger partial charge in [0.15, 0.2) is 0 Å². The Bertz CT molecular complexity index is 1170. The molecule has 2 aromatic carbocycles. The highest BCUT2D eigenvalue weighted by Crippen LogP contribution is 2.62. The fourth-order valence-electron chi connectivity index (χ4n) is 6.22. The molecule has 0 spiro atoms. The number of urea groups is 1. The van der Waals surface area contributed by atoms with E-state index in [1.807, 2.05) is 23.1 Å². The topological polar surface area (TPSA) is 59.4 Å². The van der Waals surface area contributed by atoms with Gasteiger partial charge >= 0.3 is 6.03 Å². The summed E-state index contributed by atoms with van der Waals surface area (Å²) in [6.07, 6.45) is 4.42. The first-order chi connectivity index (χ1) is 17.4. The average molecular weight is 513 g/mol. The van der Waals surface area contributed by atoms with Crippen LogP contribution in [0.5, 0.6) is 0 Å². The van der Waals surface area contributed by atoms with E-state index in [0.717, 1.165) is 45.2 Å². The van der Waals surface area contributed by atoms with E-state index in [4.69, 9.17) is 11.6 Å². The predicted molar refractivity (Wildman–Crippen MR) is 136 cm³/mol. The van der Waals surface area contributed by atoms with Gasteiger partial charge < -0.3 is 15.1 Å². The number of benzene rings is 2. The van der Waals surface area contributed by atoms with Gasteiger partial charge in [0.25, 0.3) is 0 Å². The van der Waals surface area contributed by atoms with Gasteiger partial charge in [0, 0.05) is 31.4 Å². The van der Waals surface area contributed by atoms with Crippen LogP contribution in [-0.2, 0) is 5.41 Å². The third-order valence-corrected chi connectivity index (χ3v) is 8.53. The summed E-state index contributed by atoms with van der Waals surface area (Å²) in [7, 11) is 0. The van der Waals surface area contributed by atoms with Crippen LogP contribution in [0.4, 0.5) is 19.3 Å². The van der Waals surface area contributed by atoms with Crippen LogP contribution in [0.15, 0.2) is 42.5 Å². The Labute approximate surface area is 216 Å². The van der Waals surface area contributed by atoms with Crippen molar-refractivity contribution in [3.8, 4) is 6.07 Å². The number of anilines is 1. The summed E-state index contributed by atoms with van der Waals surface area (Å²) < 4.78 is 27.2. The van der Waals surface area contributed by atoms with Crippen LogP contribution >= 0.6 is 11.6 Å². The van der Waals surface area contributed by atoms with Crippen LogP contribution in [-0.4, -0.2) is 54.2 Å². The number of nitrogens with one attached hydrogen (secondary N) is 1. The Morgan fingerprint density at radius 3 is 2.86 bits per heavy atom. The molecule has 5 nitrogen and oxygen atoms in total. The molecule has 2 aromatic rings. The molecule has 4 atom stereocenters. The summed E-state index contributed by atoms with van der Waals surface area (Å²) >= 11 is 5.92. The number of halogens is 3. The van der Waals surface area contributed by atoms with E-state index in [1.165, 1.54) is 23.8 Å². The molecule has 36 heavy (non-hydrogen) atoms. The molecule has 190 valence electrons. The number of amides is 2. The molecule has 1 N–H and O–H groups in total. The first kappa shape index (κ1) is 25.0. The first-order valence-electron chi connectivity index (χ1n) is 12.8. The number of fused-ring (bicyclic) bond motifs is 1. The molecule has 3 unspecified atom stereocenters. The minimum absolute atomic E-state index is 0.0332. The lowest BCUT2D eigenvalue weighted by atomic mass is 9.80. The third kappa shape index (κ3) is 5.21. The summed E-state index contributed by atoms with van der Waals surface area (Å²) in [5.74, 6) is -0.0484. The van der Waals surface area contributed by atoms with Crippen molar-refractivity contribution in [3.05, 3.63) is 64.4 Å². The normalized spacial score (nSPS) is 27.2. The maximum absolute atomic E-state index is 13.6. The van der Waals surface area contributed by atoms with E-state index in [9.17, 15) is 18.8 Å². The first-order valence-corrected chi connectivity index (χ1v) is 13.2. The highest BCUT2D eigenvalue weighted by atomic mass is 35.5. The smallest absolute Gasteiger partial charge is 0.321 e. The summed E-state index contributed by atoms with van der Waals surface area (Å²) in [4.78, 5) is 17.4. The van der Waals surface area contributed by atoms with Gasteiger partial charge in [0.1, 0.15) is 12.0 Å². The van der Waals surface area contributed by atoms with E-state index in [0.29, 0.717) is 36.7 Å². The molecule has 8 heteroatoms. The second kappa shape index (κ2) is 10.4.